The van der Waals surface area contributed by atoms with Gasteiger partial charge < -0.3 is 5.73 Å². The molecule has 0 aliphatic heterocycles. The number of hydrogen-bond donors (Lipinski definition) is 1. The Labute approximate surface area is 107 Å². The van der Waals surface area contributed by atoms with E-state index in [1.54, 1.807) is 11.4 Å². The van der Waals surface area contributed by atoms with Crippen molar-refractivity contribution in [3.63, 3.8) is 0 Å². The van der Waals surface area contributed by atoms with Crippen LogP contribution < -0.4 is 5.73 Å². The van der Waals surface area contributed by atoms with E-state index in [-0.39, 0.29) is 11.1 Å². The van der Waals surface area contributed by atoms with Crippen molar-refractivity contribution in [3.05, 3.63) is 56.2 Å². The molecule has 2 rings (SSSR count). The van der Waals surface area contributed by atoms with Crippen molar-refractivity contribution < 1.29 is 8.78 Å². The lowest BCUT2D eigenvalue weighted by Crippen LogP contribution is -2.13. The minimum atomic E-state index is -0.738. The van der Waals surface area contributed by atoms with Crippen LogP contribution in [0.25, 0.3) is 0 Å². The van der Waals surface area contributed by atoms with Gasteiger partial charge in [-0.1, -0.05) is 11.6 Å². The van der Waals surface area contributed by atoms with E-state index in [1.807, 2.05) is 0 Å². The summed E-state index contributed by atoms with van der Waals surface area (Å²) in [6, 6.07) is 3.22. The highest BCUT2D eigenvalue weighted by atomic mass is 35.5. The first kappa shape index (κ1) is 12.5. The predicted octanol–water partition coefficient (Wildman–Crippen LogP) is 4.04. The quantitative estimate of drug-likeness (QED) is 0.878. The lowest BCUT2D eigenvalue weighted by Gasteiger charge is -2.13. The van der Waals surface area contributed by atoms with Crippen molar-refractivity contribution in [2.45, 2.75) is 13.0 Å². The fraction of sp³-hybridized carbons (Fsp3) is 0.167. The predicted molar refractivity (Wildman–Crippen MR) is 66.5 cm³/mol. The highest BCUT2D eigenvalue weighted by Gasteiger charge is 2.19. The van der Waals surface area contributed by atoms with E-state index in [0.717, 1.165) is 12.1 Å². The summed E-state index contributed by atoms with van der Waals surface area (Å²) >= 11 is 7.25. The third kappa shape index (κ3) is 2.34. The topological polar surface area (TPSA) is 26.0 Å². The number of benzene rings is 1. The van der Waals surface area contributed by atoms with E-state index < -0.39 is 17.7 Å². The monoisotopic (exact) mass is 273 g/mol. The van der Waals surface area contributed by atoms with Crippen molar-refractivity contribution >= 4 is 22.9 Å². The third-order valence-electron chi connectivity index (χ3n) is 2.54. The standard InChI is InChI=1S/C12H10ClF2NS/c1-6-4-10(15)7(5-9(6)14)11(16)12-8(13)2-3-17-12/h2-5,11H,16H2,1H3. The summed E-state index contributed by atoms with van der Waals surface area (Å²) in [5.41, 5.74) is 6.28. The molecule has 1 atom stereocenters. The second kappa shape index (κ2) is 4.72. The van der Waals surface area contributed by atoms with Crippen LogP contribution >= 0.6 is 22.9 Å². The summed E-state index contributed by atoms with van der Waals surface area (Å²) in [5, 5.41) is 2.24. The fourth-order valence-corrected chi connectivity index (χ4v) is 2.76. The molecule has 17 heavy (non-hydrogen) atoms. The van der Waals surface area contributed by atoms with E-state index in [0.29, 0.717) is 9.90 Å². The van der Waals surface area contributed by atoms with Crippen molar-refractivity contribution in [2.75, 3.05) is 0 Å². The molecule has 1 heterocycles. The van der Waals surface area contributed by atoms with Crippen LogP contribution in [0, 0.1) is 18.6 Å². The summed E-state index contributed by atoms with van der Waals surface area (Å²) in [6.45, 7) is 1.51. The first-order valence-corrected chi connectivity index (χ1v) is 6.20. The zero-order valence-corrected chi connectivity index (χ0v) is 10.6. The Morgan fingerprint density at radius 2 is 2.00 bits per heavy atom. The number of thiophene rings is 1. The van der Waals surface area contributed by atoms with Gasteiger partial charge in [0.25, 0.3) is 0 Å². The van der Waals surface area contributed by atoms with Crippen LogP contribution in [0.4, 0.5) is 8.78 Å². The minimum Gasteiger partial charge on any atom is -0.319 e. The highest BCUT2D eigenvalue weighted by Crippen LogP contribution is 2.32. The van der Waals surface area contributed by atoms with Gasteiger partial charge in [0, 0.05) is 10.4 Å². The Balaban J connectivity index is 2.48. The molecule has 1 aromatic carbocycles. The summed E-state index contributed by atoms with van der Waals surface area (Å²) in [4.78, 5) is 0.633. The van der Waals surface area contributed by atoms with Crippen molar-refractivity contribution in [1.29, 1.82) is 0 Å². The smallest absolute Gasteiger partial charge is 0.128 e. The molecule has 2 aromatic rings. The maximum atomic E-state index is 13.7. The van der Waals surface area contributed by atoms with Crippen molar-refractivity contribution in [3.8, 4) is 0 Å². The summed E-state index contributed by atoms with van der Waals surface area (Å²) in [5.74, 6) is -0.981. The number of rotatable bonds is 2. The molecular weight excluding hydrogens is 264 g/mol. The van der Waals surface area contributed by atoms with Crippen LogP contribution in [0.15, 0.2) is 23.6 Å². The lowest BCUT2D eigenvalue weighted by atomic mass is 10.0. The Hall–Kier alpha value is -0.970. The van der Waals surface area contributed by atoms with Crippen LogP contribution in [-0.2, 0) is 0 Å². The molecule has 1 aromatic heterocycles. The average molecular weight is 274 g/mol. The van der Waals surface area contributed by atoms with Crippen LogP contribution in [-0.4, -0.2) is 0 Å². The molecule has 0 bridgehead atoms. The highest BCUT2D eigenvalue weighted by molar-refractivity contribution is 7.10. The van der Waals surface area contributed by atoms with Gasteiger partial charge in [0.2, 0.25) is 0 Å². The van der Waals surface area contributed by atoms with Gasteiger partial charge in [0.05, 0.1) is 11.1 Å². The minimum absolute atomic E-state index is 0.123. The lowest BCUT2D eigenvalue weighted by molar-refractivity contribution is 0.571. The van der Waals surface area contributed by atoms with E-state index >= 15 is 0 Å². The van der Waals surface area contributed by atoms with Crippen LogP contribution in [0.5, 0.6) is 0 Å². The number of halogens is 3. The summed E-state index contributed by atoms with van der Waals surface area (Å²) in [7, 11) is 0. The van der Waals surface area contributed by atoms with Crippen molar-refractivity contribution in [1.82, 2.24) is 0 Å². The largest absolute Gasteiger partial charge is 0.319 e. The molecule has 0 spiro atoms. The molecule has 0 radical (unpaired) electrons. The number of hydrogen-bond acceptors (Lipinski definition) is 2. The van der Waals surface area contributed by atoms with Gasteiger partial charge >= 0.3 is 0 Å². The fourth-order valence-electron chi connectivity index (χ4n) is 1.57. The van der Waals surface area contributed by atoms with Crippen molar-refractivity contribution in [2.24, 2.45) is 5.73 Å². The number of nitrogens with two attached hydrogens (primary N) is 1. The molecule has 0 amide bonds. The molecule has 5 heteroatoms. The second-order valence-electron chi connectivity index (χ2n) is 3.73. The third-order valence-corrected chi connectivity index (χ3v) is 3.98. The normalized spacial score (nSPS) is 12.8. The average Bonchev–Trinajstić information content (AvgIpc) is 2.69. The molecule has 2 N–H and O–H groups in total. The second-order valence-corrected chi connectivity index (χ2v) is 5.09. The molecular formula is C12H10ClF2NS. The van der Waals surface area contributed by atoms with Gasteiger partial charge in [-0.15, -0.1) is 11.3 Å². The molecule has 1 nitrogen and oxygen atoms in total. The van der Waals surface area contributed by atoms with Gasteiger partial charge in [-0.3, -0.25) is 0 Å². The molecule has 1 unspecified atom stereocenters. The van der Waals surface area contributed by atoms with E-state index in [1.165, 1.54) is 18.3 Å². The zero-order chi connectivity index (χ0) is 12.6. The number of aryl methyl sites for hydroxylation is 1. The van der Waals surface area contributed by atoms with E-state index in [2.05, 4.69) is 0 Å². The first-order valence-electron chi connectivity index (χ1n) is 4.94. The maximum absolute atomic E-state index is 13.7. The molecule has 0 saturated carbocycles. The van der Waals surface area contributed by atoms with Gasteiger partial charge in [0.1, 0.15) is 11.6 Å². The molecule has 0 saturated heterocycles. The SMILES string of the molecule is Cc1cc(F)c(C(N)c2sccc2Cl)cc1F. The van der Waals surface area contributed by atoms with Crippen LogP contribution in [0.1, 0.15) is 22.0 Å². The van der Waals surface area contributed by atoms with Gasteiger partial charge in [-0.25, -0.2) is 8.78 Å². The van der Waals surface area contributed by atoms with E-state index in [9.17, 15) is 8.78 Å². The Kier molecular flexibility index (Phi) is 3.47. The molecule has 0 aliphatic rings. The van der Waals surface area contributed by atoms with Crippen LogP contribution in [0.2, 0.25) is 5.02 Å². The molecule has 90 valence electrons. The zero-order valence-electron chi connectivity index (χ0n) is 9.01. The van der Waals surface area contributed by atoms with E-state index in [4.69, 9.17) is 17.3 Å². The van der Waals surface area contributed by atoms with Gasteiger partial charge in [-0.2, -0.15) is 0 Å². The Morgan fingerprint density at radius 3 is 2.59 bits per heavy atom. The maximum Gasteiger partial charge on any atom is 0.128 e. The Bertz CT molecular complexity index is 553. The Morgan fingerprint density at radius 1 is 1.29 bits per heavy atom. The molecule has 0 aliphatic carbocycles. The molecule has 0 fully saturated rings. The first-order chi connectivity index (χ1) is 8.00. The van der Waals surface area contributed by atoms with Gasteiger partial charge in [0.15, 0.2) is 0 Å². The van der Waals surface area contributed by atoms with Crippen LogP contribution in [0.3, 0.4) is 0 Å². The summed E-state index contributed by atoms with van der Waals surface area (Å²) in [6.07, 6.45) is 0. The summed E-state index contributed by atoms with van der Waals surface area (Å²) < 4.78 is 27.1. The van der Waals surface area contributed by atoms with Gasteiger partial charge in [-0.05, 0) is 36.1 Å².